The number of anilines is 1. The lowest BCUT2D eigenvalue weighted by Crippen LogP contribution is -2.56. The molecular weight excluding hydrogens is 336 g/mol. The molecule has 0 atom stereocenters. The first kappa shape index (κ1) is 15.8. The summed E-state index contributed by atoms with van der Waals surface area (Å²) in [5, 5.41) is 12.2. The molecule has 0 aliphatic heterocycles. The van der Waals surface area contributed by atoms with Crippen LogP contribution in [0.2, 0.25) is 0 Å². The lowest BCUT2D eigenvalue weighted by Gasteiger charge is -2.36. The van der Waals surface area contributed by atoms with Crippen molar-refractivity contribution in [3.63, 3.8) is 0 Å². The monoisotopic (exact) mass is 354 g/mol. The van der Waals surface area contributed by atoms with E-state index in [2.05, 4.69) is 28.2 Å². The van der Waals surface area contributed by atoms with E-state index in [0.29, 0.717) is 34.5 Å². The maximum atomic E-state index is 12.3. The topological polar surface area (TPSA) is 92.4 Å². The highest BCUT2D eigenvalue weighted by Crippen LogP contribution is 2.32. The third kappa shape index (κ3) is 3.37. The molecule has 114 valence electrons. The minimum atomic E-state index is -1.16. The second-order valence-corrected chi connectivity index (χ2v) is 6.61. The Morgan fingerprint density at radius 3 is 2.52 bits per heavy atom. The normalized spacial score (nSPS) is 25.3. The number of nitrogen functional groups attached to an aromatic ring is 1. The van der Waals surface area contributed by atoms with Crippen molar-refractivity contribution >= 4 is 33.5 Å². The average Bonchev–Trinajstić information content (AvgIpc) is 2.44. The number of benzene rings is 1. The Hall–Kier alpha value is -1.56. The fourth-order valence-corrected chi connectivity index (χ4v) is 2.98. The van der Waals surface area contributed by atoms with Gasteiger partial charge in [0.1, 0.15) is 5.54 Å². The summed E-state index contributed by atoms with van der Waals surface area (Å²) in [7, 11) is 0. The number of nitrogens with two attached hydrogens (primary N) is 1. The van der Waals surface area contributed by atoms with Crippen LogP contribution in [0.4, 0.5) is 5.69 Å². The number of amides is 1. The molecule has 21 heavy (non-hydrogen) atoms. The smallest absolute Gasteiger partial charge is 0.329 e. The highest BCUT2D eigenvalue weighted by atomic mass is 79.9. The number of carboxylic acids is 1. The Bertz CT molecular complexity index is 566. The van der Waals surface area contributed by atoms with Gasteiger partial charge in [-0.3, -0.25) is 4.79 Å². The van der Waals surface area contributed by atoms with Crippen molar-refractivity contribution < 1.29 is 14.7 Å². The summed E-state index contributed by atoms with van der Waals surface area (Å²) in [6.07, 6.45) is 2.53. The van der Waals surface area contributed by atoms with Crippen molar-refractivity contribution in [3.8, 4) is 0 Å². The van der Waals surface area contributed by atoms with Crippen LogP contribution in [-0.4, -0.2) is 22.5 Å². The van der Waals surface area contributed by atoms with Crippen molar-refractivity contribution in [2.45, 2.75) is 38.1 Å². The molecule has 0 heterocycles. The fraction of sp³-hybridized carbons (Fsp3) is 0.467. The van der Waals surface area contributed by atoms with Gasteiger partial charge in [0.05, 0.1) is 0 Å². The molecular formula is C15H19BrN2O3. The minimum absolute atomic E-state index is 0.382. The molecule has 0 radical (unpaired) electrons. The average molecular weight is 355 g/mol. The SMILES string of the molecule is CC1CCC(NC(=O)c2ccc(N)c(Br)c2)(C(=O)O)CC1. The Morgan fingerprint density at radius 2 is 2.00 bits per heavy atom. The Labute approximate surface area is 132 Å². The van der Waals surface area contributed by atoms with E-state index in [1.54, 1.807) is 18.2 Å². The quantitative estimate of drug-likeness (QED) is 0.727. The van der Waals surface area contributed by atoms with Crippen LogP contribution < -0.4 is 11.1 Å². The maximum absolute atomic E-state index is 12.3. The van der Waals surface area contributed by atoms with Gasteiger partial charge in [-0.25, -0.2) is 4.79 Å². The molecule has 4 N–H and O–H groups in total. The van der Waals surface area contributed by atoms with Crippen molar-refractivity contribution in [2.24, 2.45) is 5.92 Å². The molecule has 0 saturated heterocycles. The molecule has 1 aliphatic carbocycles. The van der Waals surface area contributed by atoms with E-state index in [1.807, 2.05) is 0 Å². The third-order valence-corrected chi connectivity index (χ3v) is 4.84. The summed E-state index contributed by atoms with van der Waals surface area (Å²) in [5.74, 6) is -0.843. The van der Waals surface area contributed by atoms with Crippen LogP contribution in [0.3, 0.4) is 0 Å². The van der Waals surface area contributed by atoms with Gasteiger partial charge in [0.25, 0.3) is 5.91 Å². The van der Waals surface area contributed by atoms with E-state index >= 15 is 0 Å². The molecule has 1 fully saturated rings. The largest absolute Gasteiger partial charge is 0.480 e. The first-order chi connectivity index (χ1) is 9.84. The number of carboxylic acid groups (broad SMARTS) is 1. The van der Waals surface area contributed by atoms with E-state index in [4.69, 9.17) is 5.73 Å². The number of carbonyl (C=O) groups is 2. The van der Waals surface area contributed by atoms with E-state index in [-0.39, 0.29) is 5.91 Å². The van der Waals surface area contributed by atoms with Crippen LogP contribution in [-0.2, 0) is 4.79 Å². The molecule has 1 aliphatic rings. The zero-order valence-corrected chi connectivity index (χ0v) is 13.4. The molecule has 0 bridgehead atoms. The van der Waals surface area contributed by atoms with Gasteiger partial charge in [0, 0.05) is 15.7 Å². The van der Waals surface area contributed by atoms with Crippen LogP contribution in [0.1, 0.15) is 43.0 Å². The number of nitrogens with one attached hydrogen (secondary N) is 1. The van der Waals surface area contributed by atoms with Crippen LogP contribution in [0.5, 0.6) is 0 Å². The van der Waals surface area contributed by atoms with E-state index in [9.17, 15) is 14.7 Å². The summed E-state index contributed by atoms with van der Waals surface area (Å²) >= 11 is 3.27. The van der Waals surface area contributed by atoms with Gasteiger partial charge < -0.3 is 16.2 Å². The van der Waals surface area contributed by atoms with E-state index < -0.39 is 11.5 Å². The predicted molar refractivity (Wildman–Crippen MR) is 84.0 cm³/mol. The van der Waals surface area contributed by atoms with Gasteiger partial charge in [-0.15, -0.1) is 0 Å². The van der Waals surface area contributed by atoms with Crippen LogP contribution >= 0.6 is 15.9 Å². The Kier molecular flexibility index (Phi) is 4.56. The zero-order chi connectivity index (χ0) is 15.6. The van der Waals surface area contributed by atoms with Gasteiger partial charge in [-0.2, -0.15) is 0 Å². The summed E-state index contributed by atoms with van der Waals surface area (Å²) < 4.78 is 0.622. The summed E-state index contributed by atoms with van der Waals surface area (Å²) in [4.78, 5) is 24.0. The minimum Gasteiger partial charge on any atom is -0.480 e. The van der Waals surface area contributed by atoms with Gasteiger partial charge in [-0.1, -0.05) is 6.92 Å². The summed E-state index contributed by atoms with van der Waals surface area (Å²) in [5.41, 5.74) is 5.47. The predicted octanol–water partition coefficient (Wildman–Crippen LogP) is 2.79. The molecule has 0 aromatic heterocycles. The molecule has 1 aromatic rings. The number of aliphatic carboxylic acids is 1. The highest BCUT2D eigenvalue weighted by Gasteiger charge is 2.42. The molecule has 0 spiro atoms. The van der Waals surface area contributed by atoms with Gasteiger partial charge in [0.15, 0.2) is 0 Å². The fourth-order valence-electron chi connectivity index (χ4n) is 2.61. The van der Waals surface area contributed by atoms with Crippen molar-refractivity contribution in [1.82, 2.24) is 5.32 Å². The molecule has 1 aromatic carbocycles. The van der Waals surface area contributed by atoms with Crippen LogP contribution in [0.25, 0.3) is 0 Å². The molecule has 2 rings (SSSR count). The molecule has 1 amide bonds. The zero-order valence-electron chi connectivity index (χ0n) is 11.9. The lowest BCUT2D eigenvalue weighted by atomic mass is 9.77. The van der Waals surface area contributed by atoms with Crippen molar-refractivity contribution in [3.05, 3.63) is 28.2 Å². The van der Waals surface area contributed by atoms with Gasteiger partial charge >= 0.3 is 5.97 Å². The first-order valence-corrected chi connectivity index (χ1v) is 7.74. The standard InChI is InChI=1S/C15H19BrN2O3/c1-9-4-6-15(7-5-9,14(20)21)18-13(19)10-2-3-12(17)11(16)8-10/h2-3,8-9H,4-7,17H2,1H3,(H,18,19)(H,20,21). The van der Waals surface area contributed by atoms with Gasteiger partial charge in [-0.05, 0) is 65.7 Å². The van der Waals surface area contributed by atoms with E-state index in [1.165, 1.54) is 0 Å². The van der Waals surface area contributed by atoms with Crippen molar-refractivity contribution in [2.75, 3.05) is 5.73 Å². The lowest BCUT2D eigenvalue weighted by molar-refractivity contribution is -0.146. The molecule has 6 heteroatoms. The van der Waals surface area contributed by atoms with Crippen LogP contribution in [0.15, 0.2) is 22.7 Å². The third-order valence-electron chi connectivity index (χ3n) is 4.15. The maximum Gasteiger partial charge on any atom is 0.329 e. The first-order valence-electron chi connectivity index (χ1n) is 6.95. The Morgan fingerprint density at radius 1 is 1.38 bits per heavy atom. The summed E-state index contributed by atoms with van der Waals surface area (Å²) in [6.45, 7) is 2.10. The van der Waals surface area contributed by atoms with Crippen LogP contribution in [0, 0.1) is 5.92 Å². The molecule has 1 saturated carbocycles. The number of hydrogen-bond acceptors (Lipinski definition) is 3. The molecule has 0 unspecified atom stereocenters. The second-order valence-electron chi connectivity index (χ2n) is 5.76. The summed E-state index contributed by atoms with van der Waals surface area (Å²) in [6, 6.07) is 4.82. The number of hydrogen-bond donors (Lipinski definition) is 3. The molecule has 5 nitrogen and oxygen atoms in total. The Balaban J connectivity index is 2.19. The number of halogens is 1. The van der Waals surface area contributed by atoms with Gasteiger partial charge in [0.2, 0.25) is 0 Å². The number of carbonyl (C=O) groups excluding carboxylic acids is 1. The number of rotatable bonds is 3. The highest BCUT2D eigenvalue weighted by molar-refractivity contribution is 9.10. The van der Waals surface area contributed by atoms with E-state index in [0.717, 1.165) is 12.8 Å². The van der Waals surface area contributed by atoms with Crippen molar-refractivity contribution in [1.29, 1.82) is 0 Å². The second kappa shape index (κ2) is 6.05.